The van der Waals surface area contributed by atoms with E-state index in [1.54, 1.807) is 4.90 Å². The van der Waals surface area contributed by atoms with Crippen molar-refractivity contribution >= 4 is 42.4 Å². The fourth-order valence-corrected chi connectivity index (χ4v) is 6.45. The van der Waals surface area contributed by atoms with Gasteiger partial charge in [-0.15, -0.1) is 0 Å². The molecule has 0 N–H and O–H groups in total. The van der Waals surface area contributed by atoms with Gasteiger partial charge in [-0.25, -0.2) is 13.4 Å². The van der Waals surface area contributed by atoms with Crippen molar-refractivity contribution in [3.8, 4) is 0 Å². The van der Waals surface area contributed by atoms with Crippen LogP contribution in [0.25, 0.3) is 10.2 Å². The number of sulfone groups is 1. The molecule has 2 heterocycles. The van der Waals surface area contributed by atoms with Gasteiger partial charge in [-0.2, -0.15) is 0 Å². The number of fused-ring (bicyclic) bond motifs is 1. The van der Waals surface area contributed by atoms with E-state index in [9.17, 15) is 13.2 Å². The number of thiazole rings is 1. The third-order valence-electron chi connectivity index (χ3n) is 5.07. The molecular formula is C21H22N2O3S2. The van der Waals surface area contributed by atoms with E-state index in [1.165, 1.54) is 11.3 Å². The van der Waals surface area contributed by atoms with E-state index in [1.807, 2.05) is 50.2 Å². The van der Waals surface area contributed by atoms with Crippen molar-refractivity contribution in [3.05, 3.63) is 59.2 Å². The van der Waals surface area contributed by atoms with Gasteiger partial charge in [-0.05, 0) is 43.0 Å². The molecule has 1 amide bonds. The van der Waals surface area contributed by atoms with Gasteiger partial charge in [0.2, 0.25) is 5.91 Å². The molecule has 28 heavy (non-hydrogen) atoms. The summed E-state index contributed by atoms with van der Waals surface area (Å²) >= 11 is 1.49. The summed E-state index contributed by atoms with van der Waals surface area (Å²) in [4.78, 5) is 19.7. The van der Waals surface area contributed by atoms with Gasteiger partial charge in [0, 0.05) is 0 Å². The highest BCUT2D eigenvalue weighted by Gasteiger charge is 2.36. The van der Waals surface area contributed by atoms with E-state index in [0.717, 1.165) is 26.9 Å². The Labute approximate surface area is 168 Å². The minimum absolute atomic E-state index is 0.0693. The van der Waals surface area contributed by atoms with E-state index in [-0.39, 0.29) is 17.4 Å². The van der Waals surface area contributed by atoms with Crippen LogP contribution >= 0.6 is 11.3 Å². The van der Waals surface area contributed by atoms with E-state index in [4.69, 9.17) is 4.98 Å². The number of nitrogens with zero attached hydrogens (tertiary/aromatic N) is 2. The first-order valence-electron chi connectivity index (χ1n) is 9.26. The second-order valence-corrected chi connectivity index (χ2v) is 10.6. The van der Waals surface area contributed by atoms with Crippen molar-refractivity contribution in [1.82, 2.24) is 4.98 Å². The van der Waals surface area contributed by atoms with Gasteiger partial charge in [0.05, 0.1) is 34.2 Å². The average Bonchev–Trinajstić information content (AvgIpc) is 3.23. The number of benzene rings is 2. The summed E-state index contributed by atoms with van der Waals surface area (Å²) in [6, 6.07) is 13.9. The molecule has 3 aromatic rings. The Hall–Kier alpha value is -2.25. The van der Waals surface area contributed by atoms with Crippen LogP contribution in [0.2, 0.25) is 0 Å². The second-order valence-electron chi connectivity index (χ2n) is 7.44. The Bertz CT molecular complexity index is 1140. The number of hydrogen-bond donors (Lipinski definition) is 0. The largest absolute Gasteiger partial charge is 0.283 e. The summed E-state index contributed by atoms with van der Waals surface area (Å²) in [7, 11) is -3.13. The maximum Gasteiger partial charge on any atom is 0.233 e. The molecule has 1 aliphatic heterocycles. The first-order chi connectivity index (χ1) is 13.3. The summed E-state index contributed by atoms with van der Waals surface area (Å²) in [5.74, 6) is -0.636. The normalized spacial score (nSPS) is 18.4. The molecule has 0 aliphatic carbocycles. The number of rotatable bonds is 4. The molecule has 0 saturated carbocycles. The summed E-state index contributed by atoms with van der Waals surface area (Å²) in [5, 5.41) is 0.627. The number of carbonyl (C=O) groups is 1. The fraction of sp³-hybridized carbons (Fsp3) is 0.333. The molecule has 1 fully saturated rings. The Morgan fingerprint density at radius 1 is 1.21 bits per heavy atom. The highest BCUT2D eigenvalue weighted by molar-refractivity contribution is 7.91. The number of carbonyl (C=O) groups excluding carboxylic acids is 1. The van der Waals surface area contributed by atoms with E-state index in [0.29, 0.717) is 18.1 Å². The number of amides is 1. The highest BCUT2D eigenvalue weighted by atomic mass is 32.2. The molecule has 0 radical (unpaired) electrons. The topological polar surface area (TPSA) is 67.3 Å². The Morgan fingerprint density at radius 2 is 1.96 bits per heavy atom. The van der Waals surface area contributed by atoms with E-state index < -0.39 is 15.8 Å². The molecule has 0 spiro atoms. The summed E-state index contributed by atoms with van der Waals surface area (Å²) in [6.07, 6.45) is 0.384. The van der Waals surface area contributed by atoms with Crippen LogP contribution in [0.1, 0.15) is 23.1 Å². The van der Waals surface area contributed by atoms with E-state index >= 15 is 0 Å². The lowest BCUT2D eigenvalue weighted by atomic mass is 10.1. The highest BCUT2D eigenvalue weighted by Crippen LogP contribution is 2.34. The zero-order valence-corrected chi connectivity index (χ0v) is 17.5. The smallest absolute Gasteiger partial charge is 0.233 e. The van der Waals surface area contributed by atoms with Crippen molar-refractivity contribution in [3.63, 3.8) is 0 Å². The van der Waals surface area contributed by atoms with Gasteiger partial charge in [0.25, 0.3) is 0 Å². The van der Waals surface area contributed by atoms with Crippen molar-refractivity contribution < 1.29 is 13.2 Å². The minimum atomic E-state index is -3.13. The molecule has 5 nitrogen and oxygen atoms in total. The molecule has 0 bridgehead atoms. The molecule has 1 aromatic heterocycles. The van der Waals surface area contributed by atoms with Gasteiger partial charge in [-0.3, -0.25) is 9.69 Å². The number of anilines is 1. The van der Waals surface area contributed by atoms with Crippen LogP contribution in [0.5, 0.6) is 0 Å². The minimum Gasteiger partial charge on any atom is -0.283 e. The molecule has 0 unspecified atom stereocenters. The number of hydrogen-bond acceptors (Lipinski definition) is 5. The SMILES string of the molecule is Cc1cc(C)c2sc(N(Cc3ccccc3)C(=O)[C@@H]3CCS(=O)(=O)C3)nc2c1. The molecule has 4 rings (SSSR count). The lowest BCUT2D eigenvalue weighted by molar-refractivity contribution is -0.121. The van der Waals surface area contributed by atoms with Crippen LogP contribution in [-0.2, 0) is 21.2 Å². The predicted molar refractivity (Wildman–Crippen MR) is 113 cm³/mol. The van der Waals surface area contributed by atoms with Crippen molar-refractivity contribution in [2.24, 2.45) is 5.92 Å². The Morgan fingerprint density at radius 3 is 2.64 bits per heavy atom. The Kier molecular flexibility index (Phi) is 4.97. The maximum absolute atomic E-state index is 13.3. The second kappa shape index (κ2) is 7.29. The van der Waals surface area contributed by atoms with Crippen LogP contribution < -0.4 is 4.90 Å². The maximum atomic E-state index is 13.3. The summed E-state index contributed by atoms with van der Waals surface area (Å²) in [5.41, 5.74) is 4.13. The lowest BCUT2D eigenvalue weighted by Crippen LogP contribution is -2.36. The van der Waals surface area contributed by atoms with Gasteiger partial charge >= 0.3 is 0 Å². The monoisotopic (exact) mass is 414 g/mol. The van der Waals surface area contributed by atoms with Gasteiger partial charge in [-0.1, -0.05) is 47.7 Å². The standard InChI is InChI=1S/C21H22N2O3S2/c1-14-10-15(2)19-18(11-14)22-21(27-19)23(12-16-6-4-3-5-7-16)20(24)17-8-9-28(25,26)13-17/h3-7,10-11,17H,8-9,12-13H2,1-2H3/t17-/m1/s1. The first-order valence-corrected chi connectivity index (χ1v) is 11.9. The van der Waals surface area contributed by atoms with Crippen molar-refractivity contribution in [2.75, 3.05) is 16.4 Å². The third kappa shape index (κ3) is 3.82. The molecular weight excluding hydrogens is 392 g/mol. The first kappa shape index (κ1) is 19.1. The third-order valence-corrected chi connectivity index (χ3v) is 8.07. The molecule has 7 heteroatoms. The van der Waals surface area contributed by atoms with E-state index in [2.05, 4.69) is 6.07 Å². The Balaban J connectivity index is 1.74. The van der Waals surface area contributed by atoms with Crippen LogP contribution in [0.15, 0.2) is 42.5 Å². The number of aromatic nitrogens is 1. The molecule has 1 saturated heterocycles. The van der Waals surface area contributed by atoms with Crippen LogP contribution in [-0.4, -0.2) is 30.8 Å². The quantitative estimate of drug-likeness (QED) is 0.650. The summed E-state index contributed by atoms with van der Waals surface area (Å²) < 4.78 is 24.9. The fourth-order valence-electron chi connectivity index (χ4n) is 3.70. The van der Waals surface area contributed by atoms with Gasteiger partial charge in [0.15, 0.2) is 15.0 Å². The van der Waals surface area contributed by atoms with Gasteiger partial charge in [0.1, 0.15) is 0 Å². The number of aryl methyl sites for hydroxylation is 2. The van der Waals surface area contributed by atoms with Crippen molar-refractivity contribution in [2.45, 2.75) is 26.8 Å². The van der Waals surface area contributed by atoms with Crippen LogP contribution in [0.4, 0.5) is 5.13 Å². The van der Waals surface area contributed by atoms with Gasteiger partial charge < -0.3 is 0 Å². The predicted octanol–water partition coefficient (Wildman–Crippen LogP) is 3.88. The molecule has 1 aliphatic rings. The zero-order valence-electron chi connectivity index (χ0n) is 15.9. The van der Waals surface area contributed by atoms with Crippen LogP contribution in [0, 0.1) is 19.8 Å². The summed E-state index contributed by atoms with van der Waals surface area (Å²) in [6.45, 7) is 4.46. The van der Waals surface area contributed by atoms with Crippen LogP contribution in [0.3, 0.4) is 0 Å². The molecule has 1 atom stereocenters. The van der Waals surface area contributed by atoms with Crippen molar-refractivity contribution in [1.29, 1.82) is 0 Å². The lowest BCUT2D eigenvalue weighted by Gasteiger charge is -2.22. The molecule has 2 aromatic carbocycles. The average molecular weight is 415 g/mol. The molecule has 146 valence electrons. The zero-order chi connectivity index (χ0) is 19.9.